The summed E-state index contributed by atoms with van der Waals surface area (Å²) in [6, 6.07) is 8.52. The van der Waals surface area contributed by atoms with Crippen LogP contribution in [-0.2, 0) is 11.3 Å². The Morgan fingerprint density at radius 3 is 2.66 bits per heavy atom. The first-order chi connectivity index (χ1) is 14.0. The zero-order valence-corrected chi connectivity index (χ0v) is 17.9. The van der Waals surface area contributed by atoms with Crippen LogP contribution in [0.4, 0.5) is 0 Å². The van der Waals surface area contributed by atoms with E-state index in [1.165, 1.54) is 36.2 Å². The number of aryl methyl sites for hydroxylation is 2. The third-order valence-corrected chi connectivity index (χ3v) is 6.89. The van der Waals surface area contributed by atoms with E-state index in [9.17, 15) is 9.59 Å². The second-order valence-electron chi connectivity index (χ2n) is 7.99. The number of aromatic nitrogens is 2. The summed E-state index contributed by atoms with van der Waals surface area (Å²) in [5, 5.41) is 2.64. The number of thiophene rings is 1. The molecule has 0 atom stereocenters. The molecule has 0 saturated heterocycles. The topological polar surface area (TPSA) is 55.2 Å². The average molecular weight is 410 g/mol. The minimum absolute atomic E-state index is 0.0695. The molecule has 0 unspecified atom stereocenters. The highest BCUT2D eigenvalue weighted by Gasteiger charge is 2.22. The van der Waals surface area contributed by atoms with Crippen LogP contribution in [0.3, 0.4) is 0 Å². The number of hydrogen-bond acceptors (Lipinski definition) is 4. The first kappa shape index (κ1) is 19.8. The lowest BCUT2D eigenvalue weighted by Crippen LogP contribution is -2.39. The van der Waals surface area contributed by atoms with Gasteiger partial charge in [0.25, 0.3) is 5.56 Å². The van der Waals surface area contributed by atoms with Gasteiger partial charge in [-0.25, -0.2) is 4.98 Å². The van der Waals surface area contributed by atoms with Crippen molar-refractivity contribution in [3.05, 3.63) is 51.9 Å². The van der Waals surface area contributed by atoms with Gasteiger partial charge in [-0.15, -0.1) is 11.3 Å². The number of rotatable bonds is 5. The van der Waals surface area contributed by atoms with E-state index in [-0.39, 0.29) is 11.5 Å². The standard InChI is InChI=1S/C23H27N3O2S/c1-16-8-10-17(11-9-16)19-14-29-22-21(19)23(28)26(15-24-22)13-12-20(27)25(2)18-6-4-3-5-7-18/h8-11,14-15,18H,3-7,12-13H2,1-2H3. The van der Waals surface area contributed by atoms with Crippen molar-refractivity contribution in [3.63, 3.8) is 0 Å². The largest absolute Gasteiger partial charge is 0.343 e. The lowest BCUT2D eigenvalue weighted by molar-refractivity contribution is -0.132. The molecule has 1 aliphatic carbocycles. The first-order valence-electron chi connectivity index (χ1n) is 10.3. The molecule has 2 aromatic heterocycles. The molecule has 1 aromatic carbocycles. The monoisotopic (exact) mass is 409 g/mol. The summed E-state index contributed by atoms with van der Waals surface area (Å²) < 4.78 is 1.58. The maximum absolute atomic E-state index is 13.1. The number of amides is 1. The van der Waals surface area contributed by atoms with Crippen molar-refractivity contribution >= 4 is 27.5 Å². The van der Waals surface area contributed by atoms with E-state index in [0.29, 0.717) is 24.4 Å². The molecule has 1 aliphatic rings. The van der Waals surface area contributed by atoms with Crippen LogP contribution < -0.4 is 5.56 Å². The van der Waals surface area contributed by atoms with E-state index >= 15 is 0 Å². The molecule has 1 fully saturated rings. The Kier molecular flexibility index (Phi) is 5.81. The van der Waals surface area contributed by atoms with Gasteiger partial charge in [-0.1, -0.05) is 49.1 Å². The fraction of sp³-hybridized carbons (Fsp3) is 0.435. The molecular formula is C23H27N3O2S. The highest BCUT2D eigenvalue weighted by molar-refractivity contribution is 7.17. The quantitative estimate of drug-likeness (QED) is 0.618. The zero-order chi connectivity index (χ0) is 20.4. The van der Waals surface area contributed by atoms with E-state index in [4.69, 9.17) is 0 Å². The average Bonchev–Trinajstić information content (AvgIpc) is 3.18. The number of carbonyl (C=O) groups excluding carboxylic acids is 1. The lowest BCUT2D eigenvalue weighted by Gasteiger charge is -2.31. The van der Waals surface area contributed by atoms with Crippen molar-refractivity contribution < 1.29 is 4.79 Å². The summed E-state index contributed by atoms with van der Waals surface area (Å²) in [5.41, 5.74) is 3.05. The fourth-order valence-electron chi connectivity index (χ4n) is 4.14. The van der Waals surface area contributed by atoms with Gasteiger partial charge in [-0.2, -0.15) is 0 Å². The molecule has 0 aliphatic heterocycles. The molecule has 152 valence electrons. The van der Waals surface area contributed by atoms with Gasteiger partial charge < -0.3 is 4.90 Å². The van der Waals surface area contributed by atoms with Crippen LogP contribution in [0.15, 0.2) is 40.8 Å². The van der Waals surface area contributed by atoms with Gasteiger partial charge in [0.05, 0.1) is 11.7 Å². The van der Waals surface area contributed by atoms with Gasteiger partial charge >= 0.3 is 0 Å². The fourth-order valence-corrected chi connectivity index (χ4v) is 5.04. The number of hydrogen-bond donors (Lipinski definition) is 0. The summed E-state index contributed by atoms with van der Waals surface area (Å²) >= 11 is 1.48. The molecule has 5 nitrogen and oxygen atoms in total. The Morgan fingerprint density at radius 1 is 1.21 bits per heavy atom. The number of carbonyl (C=O) groups is 1. The van der Waals surface area contributed by atoms with Crippen molar-refractivity contribution in [3.8, 4) is 11.1 Å². The van der Waals surface area contributed by atoms with Gasteiger partial charge in [0.15, 0.2) is 0 Å². The van der Waals surface area contributed by atoms with Crippen LogP contribution in [0.5, 0.6) is 0 Å². The summed E-state index contributed by atoms with van der Waals surface area (Å²) in [4.78, 5) is 32.9. The smallest absolute Gasteiger partial charge is 0.262 e. The van der Waals surface area contributed by atoms with Crippen LogP contribution in [0, 0.1) is 6.92 Å². The van der Waals surface area contributed by atoms with E-state index in [1.54, 1.807) is 10.9 Å². The van der Waals surface area contributed by atoms with Gasteiger partial charge in [-0.05, 0) is 25.3 Å². The van der Waals surface area contributed by atoms with Gasteiger partial charge in [-0.3, -0.25) is 14.2 Å². The van der Waals surface area contributed by atoms with Crippen molar-refractivity contribution in [2.24, 2.45) is 0 Å². The zero-order valence-electron chi connectivity index (χ0n) is 17.1. The molecule has 2 heterocycles. The van der Waals surface area contributed by atoms with E-state index < -0.39 is 0 Å². The third-order valence-electron chi connectivity index (χ3n) is 6.01. The van der Waals surface area contributed by atoms with Crippen LogP contribution in [-0.4, -0.2) is 33.4 Å². The predicted molar refractivity (Wildman–Crippen MR) is 118 cm³/mol. The molecule has 1 amide bonds. The summed E-state index contributed by atoms with van der Waals surface area (Å²) in [5.74, 6) is 0.105. The van der Waals surface area contributed by atoms with E-state index in [0.717, 1.165) is 28.8 Å². The van der Waals surface area contributed by atoms with Gasteiger partial charge in [0, 0.05) is 37.0 Å². The van der Waals surface area contributed by atoms with Crippen LogP contribution in [0.1, 0.15) is 44.1 Å². The predicted octanol–water partition coefficient (Wildman–Crippen LogP) is 4.61. The first-order valence-corrected chi connectivity index (χ1v) is 11.2. The maximum atomic E-state index is 13.1. The van der Waals surface area contributed by atoms with Crippen molar-refractivity contribution in [1.29, 1.82) is 0 Å². The molecule has 29 heavy (non-hydrogen) atoms. The number of benzene rings is 1. The highest BCUT2D eigenvalue weighted by Crippen LogP contribution is 2.30. The summed E-state index contributed by atoms with van der Waals surface area (Å²) in [7, 11) is 1.90. The Balaban J connectivity index is 1.54. The van der Waals surface area contributed by atoms with Crippen molar-refractivity contribution in [2.75, 3.05) is 7.05 Å². The Labute approximate surface area is 175 Å². The normalized spacial score (nSPS) is 15.0. The summed E-state index contributed by atoms with van der Waals surface area (Å²) in [6.45, 7) is 2.41. The van der Waals surface area contributed by atoms with E-state index in [1.807, 2.05) is 48.5 Å². The molecule has 0 spiro atoms. The highest BCUT2D eigenvalue weighted by atomic mass is 32.1. The Hall–Kier alpha value is -2.47. The SMILES string of the molecule is Cc1ccc(-c2csc3ncn(CCC(=O)N(C)C4CCCCC4)c(=O)c23)cc1. The van der Waals surface area contributed by atoms with E-state index in [2.05, 4.69) is 4.98 Å². The van der Waals surface area contributed by atoms with Crippen LogP contribution in [0.25, 0.3) is 21.3 Å². The van der Waals surface area contributed by atoms with Crippen LogP contribution in [0.2, 0.25) is 0 Å². The van der Waals surface area contributed by atoms with Gasteiger partial charge in [0.2, 0.25) is 5.91 Å². The maximum Gasteiger partial charge on any atom is 0.262 e. The number of fused-ring (bicyclic) bond motifs is 1. The molecule has 1 saturated carbocycles. The molecule has 0 N–H and O–H groups in total. The molecule has 0 bridgehead atoms. The molecule has 0 radical (unpaired) electrons. The van der Waals surface area contributed by atoms with Gasteiger partial charge in [0.1, 0.15) is 4.83 Å². The molecule has 3 aromatic rings. The molecular weight excluding hydrogens is 382 g/mol. The molecule has 4 rings (SSSR count). The summed E-state index contributed by atoms with van der Waals surface area (Å²) in [6.07, 6.45) is 7.74. The lowest BCUT2D eigenvalue weighted by atomic mass is 9.94. The van der Waals surface area contributed by atoms with Crippen LogP contribution >= 0.6 is 11.3 Å². The third kappa shape index (κ3) is 4.13. The second-order valence-corrected chi connectivity index (χ2v) is 8.84. The Morgan fingerprint density at radius 2 is 1.93 bits per heavy atom. The van der Waals surface area contributed by atoms with Crippen molar-refractivity contribution in [1.82, 2.24) is 14.5 Å². The minimum Gasteiger partial charge on any atom is -0.343 e. The van der Waals surface area contributed by atoms with Crippen molar-refractivity contribution in [2.45, 2.75) is 58.0 Å². The number of nitrogens with zero attached hydrogens (tertiary/aromatic N) is 3. The second kappa shape index (κ2) is 8.49. The molecule has 6 heteroatoms. The minimum atomic E-state index is -0.0695. The Bertz CT molecular complexity index is 1060.